The number of rotatable bonds is 13. The van der Waals surface area contributed by atoms with E-state index in [2.05, 4.69) is 59.1 Å². The second-order valence-electron chi connectivity index (χ2n) is 13.9. The number of likely N-dealkylation sites (tertiary alicyclic amines) is 1. The van der Waals surface area contributed by atoms with Gasteiger partial charge in [0.25, 0.3) is 5.91 Å². The lowest BCUT2D eigenvalue weighted by Gasteiger charge is -2.47. The van der Waals surface area contributed by atoms with Crippen LogP contribution in [0.2, 0.25) is 16.7 Å². The van der Waals surface area contributed by atoms with Gasteiger partial charge in [0, 0.05) is 56.4 Å². The molecule has 1 aromatic heterocycles. The van der Waals surface area contributed by atoms with Crippen LogP contribution >= 0.6 is 11.6 Å². The Morgan fingerprint density at radius 2 is 1.84 bits per heavy atom. The van der Waals surface area contributed by atoms with Crippen LogP contribution in [0.5, 0.6) is 0 Å². The number of halogens is 4. The summed E-state index contributed by atoms with van der Waals surface area (Å²) in [6.45, 7) is 27.7. The van der Waals surface area contributed by atoms with Crippen molar-refractivity contribution in [3.05, 3.63) is 117 Å². The molecular weight excluding hydrogens is 760 g/mol. The van der Waals surface area contributed by atoms with E-state index in [1.165, 1.54) is 11.6 Å². The average molecular weight is 822 g/mol. The summed E-state index contributed by atoms with van der Waals surface area (Å²) < 4.78 is 45.7. The standard InChI is InChI=1S/C41H50BClF3N6O2.2C2H6/c1-8-30-11-10-18-48-35(30)23-27(3)39(53)51-19-16-40(17-20-51)38(36(47-6)25-42-40)29(5)52(50(7)37(9-2)31-14-21-54-22-15-31)26-28(4)49-34-13-12-32(24-33(34)43)41(44,45)46;2*1-2/h8,10-14,18,23-24,37,47,49H,3-5,9,15-17,19-22,25-26H2,1-2,6-7H3;2*1-2H3/b30-8-,35-23+;;. The number of nitrogens with zero attached hydrogens (tertiary/aromatic N) is 4. The number of amides is 1. The first-order valence-corrected chi connectivity index (χ1v) is 20.7. The lowest BCUT2D eigenvalue weighted by molar-refractivity contribution is -0.137. The number of carbonyl (C=O) groups excluding carboxylic acids is 1. The Hall–Kier alpha value is -4.26. The Kier molecular flexibility index (Phi) is 18.4. The van der Waals surface area contributed by atoms with Crippen LogP contribution < -0.4 is 21.2 Å². The summed E-state index contributed by atoms with van der Waals surface area (Å²) in [5.41, 5.74) is 4.58. The fraction of sp³-hybridized carbons (Fsp3) is 0.467. The number of alkyl halides is 3. The largest absolute Gasteiger partial charge is 0.416 e. The molecule has 0 bridgehead atoms. The molecule has 1 radical (unpaired) electrons. The highest BCUT2D eigenvalue weighted by atomic mass is 35.5. The summed E-state index contributed by atoms with van der Waals surface area (Å²) in [6.07, 6.45) is 6.77. The molecule has 0 saturated carbocycles. The van der Waals surface area contributed by atoms with Gasteiger partial charge in [-0.05, 0) is 85.4 Å². The maximum Gasteiger partial charge on any atom is 0.416 e. The smallest absolute Gasteiger partial charge is 0.392 e. The summed E-state index contributed by atoms with van der Waals surface area (Å²) in [7, 11) is 6.28. The summed E-state index contributed by atoms with van der Waals surface area (Å²) in [6, 6.07) is 7.08. The highest BCUT2D eigenvalue weighted by Crippen LogP contribution is 2.54. The van der Waals surface area contributed by atoms with E-state index in [-0.39, 0.29) is 28.8 Å². The topological polar surface area (TPSA) is 73.0 Å². The Morgan fingerprint density at radius 1 is 1.16 bits per heavy atom. The first-order valence-electron chi connectivity index (χ1n) is 20.3. The van der Waals surface area contributed by atoms with E-state index >= 15 is 0 Å². The number of carbonyl (C=O) groups is 1. The number of anilines is 1. The van der Waals surface area contributed by atoms with Crippen LogP contribution in [-0.2, 0) is 15.7 Å². The van der Waals surface area contributed by atoms with Crippen LogP contribution in [0, 0.1) is 0 Å². The minimum atomic E-state index is -4.51. The Bertz CT molecular complexity index is 1950. The van der Waals surface area contributed by atoms with Gasteiger partial charge in [0.15, 0.2) is 0 Å². The van der Waals surface area contributed by atoms with Crippen molar-refractivity contribution < 1.29 is 22.7 Å². The molecule has 8 nitrogen and oxygen atoms in total. The fourth-order valence-corrected chi connectivity index (χ4v) is 8.01. The predicted molar refractivity (Wildman–Crippen MR) is 236 cm³/mol. The Balaban J connectivity index is 0.00000218. The van der Waals surface area contributed by atoms with Crippen molar-refractivity contribution in [3.8, 4) is 0 Å². The number of hydrogen-bond acceptors (Lipinski definition) is 7. The van der Waals surface area contributed by atoms with Crippen molar-refractivity contribution in [1.82, 2.24) is 25.2 Å². The molecule has 3 aliphatic heterocycles. The number of aromatic nitrogens is 1. The molecular formula is C45H62BClF3N6O2. The zero-order valence-corrected chi connectivity index (χ0v) is 36.4. The summed E-state index contributed by atoms with van der Waals surface area (Å²) in [5.74, 6) is -0.116. The molecule has 58 heavy (non-hydrogen) atoms. The summed E-state index contributed by atoms with van der Waals surface area (Å²) >= 11 is 6.34. The van der Waals surface area contributed by atoms with Gasteiger partial charge in [-0.15, -0.1) is 0 Å². The normalized spacial score (nSPS) is 17.3. The molecule has 0 aliphatic carbocycles. The maximum absolute atomic E-state index is 13.7. The van der Waals surface area contributed by atoms with Gasteiger partial charge in [-0.25, -0.2) is 5.01 Å². The van der Waals surface area contributed by atoms with Crippen molar-refractivity contribution in [2.75, 3.05) is 52.3 Å². The number of ether oxygens (including phenoxy) is 1. The highest BCUT2D eigenvalue weighted by Gasteiger charge is 2.46. The minimum absolute atomic E-state index is 0.0275. The third kappa shape index (κ3) is 11.5. The van der Waals surface area contributed by atoms with E-state index in [4.69, 9.17) is 22.9 Å². The average Bonchev–Trinajstić information content (AvgIpc) is 3.59. The van der Waals surface area contributed by atoms with Gasteiger partial charge in [-0.3, -0.25) is 14.8 Å². The molecule has 1 saturated heterocycles. The van der Waals surface area contributed by atoms with Crippen molar-refractivity contribution in [2.24, 2.45) is 0 Å². The monoisotopic (exact) mass is 821 g/mol. The molecule has 13 heteroatoms. The van der Waals surface area contributed by atoms with Gasteiger partial charge in [0.2, 0.25) is 0 Å². The number of nitrogens with one attached hydrogen (secondary N) is 2. The SMILES string of the molecule is C=C(CN(C(=C)C1=C(NC)C[B]C12CCN(C(=O)C(=C)/C=c1/nccc/c1=C/C)CC2)N(C)C(CC)C1=CCOCC1)Nc1ccc(C(F)(F)F)cc1Cl.CC.CC. The molecule has 2 N–H and O–H groups in total. The van der Waals surface area contributed by atoms with Crippen LogP contribution in [0.15, 0.2) is 96.2 Å². The third-order valence-electron chi connectivity index (χ3n) is 10.7. The van der Waals surface area contributed by atoms with E-state index < -0.39 is 11.7 Å². The Labute approximate surface area is 350 Å². The first-order chi connectivity index (χ1) is 27.7. The molecule has 315 valence electrons. The highest BCUT2D eigenvalue weighted by molar-refractivity contribution is 6.44. The number of benzene rings is 1. The van der Waals surface area contributed by atoms with E-state index in [1.54, 1.807) is 12.3 Å². The molecule has 1 spiro atoms. The van der Waals surface area contributed by atoms with Gasteiger partial charge < -0.3 is 20.3 Å². The van der Waals surface area contributed by atoms with Gasteiger partial charge in [0.05, 0.1) is 47.1 Å². The van der Waals surface area contributed by atoms with Gasteiger partial charge in [0.1, 0.15) is 7.28 Å². The zero-order chi connectivity index (χ0) is 43.2. The fourth-order valence-electron chi connectivity index (χ4n) is 7.79. The molecule has 2 aromatic rings. The molecule has 1 unspecified atom stereocenters. The predicted octanol–water partition coefficient (Wildman–Crippen LogP) is 8.75. The van der Waals surface area contributed by atoms with Gasteiger partial charge in [-0.1, -0.05) is 89.7 Å². The molecule has 5 rings (SSSR count). The van der Waals surface area contributed by atoms with Crippen molar-refractivity contribution in [2.45, 2.75) is 91.1 Å². The van der Waals surface area contributed by atoms with E-state index in [1.807, 2.05) is 71.8 Å². The number of likely N-dealkylation sites (N-methyl/N-ethyl adjacent to an activating group) is 1. The lowest BCUT2D eigenvalue weighted by atomic mass is 9.48. The third-order valence-corrected chi connectivity index (χ3v) is 11.0. The molecule has 1 atom stereocenters. The van der Waals surface area contributed by atoms with Crippen LogP contribution in [0.25, 0.3) is 12.2 Å². The quantitative estimate of drug-likeness (QED) is 0.0907. The minimum Gasteiger partial charge on any atom is -0.392 e. The maximum atomic E-state index is 13.7. The number of allylic oxidation sites excluding steroid dienone is 2. The van der Waals surface area contributed by atoms with E-state index in [9.17, 15) is 18.0 Å². The zero-order valence-electron chi connectivity index (χ0n) is 35.7. The van der Waals surface area contributed by atoms with E-state index in [0.29, 0.717) is 67.8 Å². The molecule has 1 amide bonds. The van der Waals surface area contributed by atoms with E-state index in [0.717, 1.165) is 47.2 Å². The van der Waals surface area contributed by atoms with Crippen LogP contribution in [-0.4, -0.2) is 86.1 Å². The Morgan fingerprint density at radius 3 is 2.41 bits per heavy atom. The second-order valence-corrected chi connectivity index (χ2v) is 14.3. The van der Waals surface area contributed by atoms with Crippen LogP contribution in [0.3, 0.4) is 0 Å². The number of hydrazine groups is 1. The first kappa shape index (κ1) is 48.1. The van der Waals surface area contributed by atoms with Crippen LogP contribution in [0.1, 0.15) is 72.8 Å². The van der Waals surface area contributed by atoms with Crippen molar-refractivity contribution in [3.63, 3.8) is 0 Å². The number of pyridine rings is 1. The molecule has 3 aliphatic rings. The molecule has 1 aromatic carbocycles. The van der Waals surface area contributed by atoms with Crippen molar-refractivity contribution >= 4 is 42.6 Å². The van der Waals surface area contributed by atoms with Crippen LogP contribution in [0.4, 0.5) is 18.9 Å². The summed E-state index contributed by atoms with van der Waals surface area (Å²) in [4.78, 5) is 20.0. The number of hydrogen-bond donors (Lipinski definition) is 2. The van der Waals surface area contributed by atoms with Gasteiger partial charge in [-0.2, -0.15) is 13.2 Å². The molecule has 1 fully saturated rings. The summed E-state index contributed by atoms with van der Waals surface area (Å²) in [5, 5.41) is 12.1. The van der Waals surface area contributed by atoms with Crippen molar-refractivity contribution in [1.29, 1.82) is 0 Å². The second kappa shape index (κ2) is 22.2. The van der Waals surface area contributed by atoms with Gasteiger partial charge >= 0.3 is 6.18 Å². The molecule has 4 heterocycles. The number of piperidine rings is 1. The lowest BCUT2D eigenvalue weighted by Crippen LogP contribution is -2.49.